The standard InChI is InChI=1S/C15H13BrN2/c1-18-14-5-3-2-4-13(14)17-15(18)10-11-6-8-12(16)9-7-11/h2-9H,10H2,1H3. The van der Waals surface area contributed by atoms with E-state index in [1.807, 2.05) is 12.1 Å². The average molecular weight is 301 g/mol. The van der Waals surface area contributed by atoms with Crippen LogP contribution in [0.4, 0.5) is 0 Å². The second-order valence-corrected chi connectivity index (χ2v) is 5.29. The molecule has 0 bridgehead atoms. The maximum atomic E-state index is 4.68. The Morgan fingerprint density at radius 1 is 1.06 bits per heavy atom. The van der Waals surface area contributed by atoms with Crippen molar-refractivity contribution in [1.82, 2.24) is 9.55 Å². The number of aromatic nitrogens is 2. The van der Waals surface area contributed by atoms with Gasteiger partial charge < -0.3 is 4.57 Å². The first-order valence-corrected chi connectivity index (χ1v) is 6.68. The number of aryl methyl sites for hydroxylation is 1. The lowest BCUT2D eigenvalue weighted by Crippen LogP contribution is -1.98. The molecule has 3 rings (SSSR count). The number of hydrogen-bond donors (Lipinski definition) is 0. The molecule has 0 spiro atoms. The molecule has 1 heterocycles. The Bertz CT molecular complexity index is 683. The minimum Gasteiger partial charge on any atom is -0.331 e. The summed E-state index contributed by atoms with van der Waals surface area (Å²) in [5.74, 6) is 1.10. The van der Waals surface area contributed by atoms with Crippen molar-refractivity contribution in [2.24, 2.45) is 7.05 Å². The van der Waals surface area contributed by atoms with E-state index in [2.05, 4.69) is 68.9 Å². The molecule has 90 valence electrons. The molecule has 2 aromatic carbocycles. The maximum Gasteiger partial charge on any atom is 0.114 e. The first kappa shape index (κ1) is 11.5. The van der Waals surface area contributed by atoms with Crippen LogP contribution in [0.15, 0.2) is 53.0 Å². The van der Waals surface area contributed by atoms with Gasteiger partial charge in [-0.2, -0.15) is 0 Å². The highest BCUT2D eigenvalue weighted by Gasteiger charge is 2.07. The van der Waals surface area contributed by atoms with Crippen LogP contribution in [0, 0.1) is 0 Å². The second-order valence-electron chi connectivity index (χ2n) is 4.38. The van der Waals surface area contributed by atoms with Crippen LogP contribution < -0.4 is 0 Å². The number of benzene rings is 2. The number of hydrogen-bond acceptors (Lipinski definition) is 1. The van der Waals surface area contributed by atoms with E-state index in [9.17, 15) is 0 Å². The van der Waals surface area contributed by atoms with E-state index in [0.29, 0.717) is 0 Å². The van der Waals surface area contributed by atoms with Crippen LogP contribution in [0.2, 0.25) is 0 Å². The predicted octanol–water partition coefficient (Wildman–Crippen LogP) is 3.93. The molecule has 3 heteroatoms. The summed E-state index contributed by atoms with van der Waals surface area (Å²) >= 11 is 3.45. The van der Waals surface area contributed by atoms with E-state index in [1.54, 1.807) is 0 Å². The molecule has 0 fully saturated rings. The molecular formula is C15H13BrN2. The topological polar surface area (TPSA) is 17.8 Å². The van der Waals surface area contributed by atoms with Crippen molar-refractivity contribution in [2.45, 2.75) is 6.42 Å². The summed E-state index contributed by atoms with van der Waals surface area (Å²) in [4.78, 5) is 4.68. The maximum absolute atomic E-state index is 4.68. The summed E-state index contributed by atoms with van der Waals surface area (Å²) in [6, 6.07) is 16.6. The smallest absolute Gasteiger partial charge is 0.114 e. The van der Waals surface area contributed by atoms with Crippen molar-refractivity contribution in [3.8, 4) is 0 Å². The molecule has 0 radical (unpaired) electrons. The van der Waals surface area contributed by atoms with Gasteiger partial charge in [0.15, 0.2) is 0 Å². The van der Waals surface area contributed by atoms with E-state index in [-0.39, 0.29) is 0 Å². The lowest BCUT2D eigenvalue weighted by atomic mass is 10.1. The van der Waals surface area contributed by atoms with Crippen molar-refractivity contribution in [2.75, 3.05) is 0 Å². The van der Waals surface area contributed by atoms with Crippen molar-refractivity contribution < 1.29 is 0 Å². The van der Waals surface area contributed by atoms with E-state index in [4.69, 9.17) is 0 Å². The van der Waals surface area contributed by atoms with Gasteiger partial charge in [0.05, 0.1) is 11.0 Å². The Hall–Kier alpha value is -1.61. The Kier molecular flexibility index (Phi) is 2.92. The molecule has 2 nitrogen and oxygen atoms in total. The van der Waals surface area contributed by atoms with Gasteiger partial charge in [0.2, 0.25) is 0 Å². The molecule has 0 saturated carbocycles. The molecule has 18 heavy (non-hydrogen) atoms. The van der Waals surface area contributed by atoms with Crippen LogP contribution in [0.3, 0.4) is 0 Å². The molecule has 0 aliphatic rings. The Morgan fingerprint density at radius 2 is 1.78 bits per heavy atom. The van der Waals surface area contributed by atoms with Gasteiger partial charge in [-0.3, -0.25) is 0 Å². The van der Waals surface area contributed by atoms with Crippen LogP contribution in [0.1, 0.15) is 11.4 Å². The average Bonchev–Trinajstić information content (AvgIpc) is 2.70. The normalized spacial score (nSPS) is 11.0. The molecule has 0 saturated heterocycles. The number of para-hydroxylation sites is 2. The SMILES string of the molecule is Cn1c(Cc2ccc(Br)cc2)nc2ccccc21. The Morgan fingerprint density at radius 3 is 2.50 bits per heavy atom. The quantitative estimate of drug-likeness (QED) is 0.701. The zero-order chi connectivity index (χ0) is 12.5. The van der Waals surface area contributed by atoms with Crippen molar-refractivity contribution in [3.05, 3.63) is 64.4 Å². The van der Waals surface area contributed by atoms with Crippen LogP contribution in [0.5, 0.6) is 0 Å². The fraction of sp³-hybridized carbons (Fsp3) is 0.133. The van der Waals surface area contributed by atoms with Crippen LogP contribution in [-0.4, -0.2) is 9.55 Å². The van der Waals surface area contributed by atoms with Crippen molar-refractivity contribution >= 4 is 27.0 Å². The van der Waals surface area contributed by atoms with E-state index in [1.165, 1.54) is 11.1 Å². The molecule has 0 unspecified atom stereocenters. The first-order chi connectivity index (χ1) is 8.74. The minimum atomic E-state index is 0.860. The summed E-state index contributed by atoms with van der Waals surface area (Å²) in [6.45, 7) is 0. The third-order valence-electron chi connectivity index (χ3n) is 3.16. The predicted molar refractivity (Wildman–Crippen MR) is 77.7 cm³/mol. The zero-order valence-corrected chi connectivity index (χ0v) is 11.7. The highest BCUT2D eigenvalue weighted by Crippen LogP contribution is 2.18. The van der Waals surface area contributed by atoms with Gasteiger partial charge in [0.1, 0.15) is 5.82 Å². The minimum absolute atomic E-state index is 0.860. The summed E-state index contributed by atoms with van der Waals surface area (Å²) in [7, 11) is 2.07. The lowest BCUT2D eigenvalue weighted by Gasteiger charge is -2.03. The van der Waals surface area contributed by atoms with Crippen molar-refractivity contribution in [1.29, 1.82) is 0 Å². The van der Waals surface area contributed by atoms with Gasteiger partial charge in [-0.25, -0.2) is 4.98 Å². The van der Waals surface area contributed by atoms with Gasteiger partial charge in [0.25, 0.3) is 0 Å². The fourth-order valence-electron chi connectivity index (χ4n) is 2.14. The molecule has 0 aliphatic carbocycles. The van der Waals surface area contributed by atoms with Crippen LogP contribution in [0.25, 0.3) is 11.0 Å². The fourth-order valence-corrected chi connectivity index (χ4v) is 2.40. The van der Waals surface area contributed by atoms with Crippen LogP contribution >= 0.6 is 15.9 Å². The van der Waals surface area contributed by atoms with E-state index in [0.717, 1.165) is 22.2 Å². The second kappa shape index (κ2) is 4.58. The summed E-state index contributed by atoms with van der Waals surface area (Å²) in [5, 5.41) is 0. The third kappa shape index (κ3) is 2.06. The molecule has 1 aromatic heterocycles. The van der Waals surface area contributed by atoms with Gasteiger partial charge in [-0.05, 0) is 29.8 Å². The molecule has 0 N–H and O–H groups in total. The number of fused-ring (bicyclic) bond motifs is 1. The van der Waals surface area contributed by atoms with Crippen LogP contribution in [-0.2, 0) is 13.5 Å². The van der Waals surface area contributed by atoms with Gasteiger partial charge >= 0.3 is 0 Å². The Labute approximate surface area is 114 Å². The molecule has 0 amide bonds. The lowest BCUT2D eigenvalue weighted by molar-refractivity contribution is 0.844. The van der Waals surface area contributed by atoms with E-state index < -0.39 is 0 Å². The summed E-state index contributed by atoms with van der Waals surface area (Å²) < 4.78 is 3.27. The number of nitrogens with zero attached hydrogens (tertiary/aromatic N) is 2. The van der Waals surface area contributed by atoms with Gasteiger partial charge in [0, 0.05) is 17.9 Å². The highest BCUT2D eigenvalue weighted by molar-refractivity contribution is 9.10. The molecule has 0 atom stereocenters. The van der Waals surface area contributed by atoms with Crippen molar-refractivity contribution in [3.63, 3.8) is 0 Å². The summed E-state index contributed by atoms with van der Waals surface area (Å²) in [6.07, 6.45) is 0.860. The number of imidazole rings is 1. The highest BCUT2D eigenvalue weighted by atomic mass is 79.9. The largest absolute Gasteiger partial charge is 0.331 e. The number of rotatable bonds is 2. The zero-order valence-electron chi connectivity index (χ0n) is 10.1. The monoisotopic (exact) mass is 300 g/mol. The summed E-state index contributed by atoms with van der Waals surface area (Å²) in [5.41, 5.74) is 3.52. The molecule has 0 aliphatic heterocycles. The molecule has 3 aromatic rings. The number of halogens is 1. The van der Waals surface area contributed by atoms with E-state index >= 15 is 0 Å². The third-order valence-corrected chi connectivity index (χ3v) is 3.68. The van der Waals surface area contributed by atoms with Gasteiger partial charge in [-0.1, -0.05) is 40.2 Å². The van der Waals surface area contributed by atoms with Gasteiger partial charge in [-0.15, -0.1) is 0 Å². The molecular weight excluding hydrogens is 288 g/mol. The first-order valence-electron chi connectivity index (χ1n) is 5.89. The Balaban J connectivity index is 1.99.